The molecule has 2 bridgehead atoms. The van der Waals surface area contributed by atoms with Gasteiger partial charge in [-0.3, -0.25) is 4.79 Å². The molecule has 0 aromatic rings. The summed E-state index contributed by atoms with van der Waals surface area (Å²) < 4.78 is 5.96. The normalized spacial score (nSPS) is 54.9. The molecule has 0 radical (unpaired) electrons. The van der Waals surface area contributed by atoms with Crippen LogP contribution in [0.5, 0.6) is 0 Å². The summed E-state index contributed by atoms with van der Waals surface area (Å²) in [7, 11) is 0. The second-order valence-electron chi connectivity index (χ2n) is 5.28. The summed E-state index contributed by atoms with van der Waals surface area (Å²) in [6.07, 6.45) is 4.33. The molecule has 0 aromatic carbocycles. The smallest absolute Gasteiger partial charge is 0.306 e. The fourth-order valence-electron chi connectivity index (χ4n) is 3.85. The molecule has 78 valence electrons. The van der Waals surface area contributed by atoms with Gasteiger partial charge in [0.15, 0.2) is 0 Å². The van der Waals surface area contributed by atoms with Crippen molar-refractivity contribution in [2.75, 3.05) is 0 Å². The molecule has 5 unspecified atom stereocenters. The van der Waals surface area contributed by atoms with Gasteiger partial charge in [0.2, 0.25) is 0 Å². The Morgan fingerprint density at radius 2 is 2.29 bits per heavy atom. The Morgan fingerprint density at radius 1 is 1.50 bits per heavy atom. The Bertz CT molecular complexity index is 288. The van der Waals surface area contributed by atoms with Crippen molar-refractivity contribution < 1.29 is 14.6 Å². The molecule has 3 heteroatoms. The minimum Gasteiger partial charge on any atom is -0.481 e. The third-order valence-corrected chi connectivity index (χ3v) is 4.57. The zero-order valence-corrected chi connectivity index (χ0v) is 8.40. The van der Waals surface area contributed by atoms with Crippen molar-refractivity contribution in [1.82, 2.24) is 0 Å². The quantitative estimate of drug-likeness (QED) is 0.693. The van der Waals surface area contributed by atoms with E-state index in [2.05, 4.69) is 6.92 Å². The molecule has 14 heavy (non-hydrogen) atoms. The van der Waals surface area contributed by atoms with Crippen LogP contribution in [0, 0.1) is 17.8 Å². The number of carboxylic acid groups (broad SMARTS) is 1. The lowest BCUT2D eigenvalue weighted by molar-refractivity contribution is -0.142. The van der Waals surface area contributed by atoms with Gasteiger partial charge < -0.3 is 9.84 Å². The molecule has 1 aliphatic carbocycles. The molecular formula is C11H16O3. The average molecular weight is 196 g/mol. The summed E-state index contributed by atoms with van der Waals surface area (Å²) in [6, 6.07) is 0. The van der Waals surface area contributed by atoms with E-state index in [1.807, 2.05) is 0 Å². The van der Waals surface area contributed by atoms with E-state index in [1.54, 1.807) is 0 Å². The number of fused-ring (bicyclic) bond motifs is 5. The molecular weight excluding hydrogens is 180 g/mol. The molecule has 0 amide bonds. The topological polar surface area (TPSA) is 46.5 Å². The van der Waals surface area contributed by atoms with Crippen LogP contribution in [0.2, 0.25) is 0 Å². The maximum absolute atomic E-state index is 10.9. The van der Waals surface area contributed by atoms with E-state index in [1.165, 1.54) is 0 Å². The monoisotopic (exact) mass is 196 g/mol. The van der Waals surface area contributed by atoms with E-state index in [4.69, 9.17) is 9.84 Å². The maximum Gasteiger partial charge on any atom is 0.306 e. The van der Waals surface area contributed by atoms with E-state index in [0.717, 1.165) is 25.7 Å². The Kier molecular flexibility index (Phi) is 1.56. The summed E-state index contributed by atoms with van der Waals surface area (Å²) >= 11 is 0. The van der Waals surface area contributed by atoms with Crippen molar-refractivity contribution >= 4 is 5.97 Å². The van der Waals surface area contributed by atoms with Crippen LogP contribution in [-0.4, -0.2) is 22.8 Å². The number of carboxylic acids is 1. The first-order chi connectivity index (χ1) is 6.60. The lowest BCUT2D eigenvalue weighted by Crippen LogP contribution is -2.32. The van der Waals surface area contributed by atoms with Crippen LogP contribution in [0.25, 0.3) is 0 Å². The summed E-state index contributed by atoms with van der Waals surface area (Å²) in [4.78, 5) is 10.9. The third-order valence-electron chi connectivity index (χ3n) is 4.57. The fourth-order valence-corrected chi connectivity index (χ4v) is 3.85. The Balaban J connectivity index is 1.85. The first kappa shape index (κ1) is 8.72. The first-order valence-electron chi connectivity index (χ1n) is 5.51. The molecule has 0 spiro atoms. The van der Waals surface area contributed by atoms with Crippen LogP contribution in [0.3, 0.4) is 0 Å². The fraction of sp³-hybridized carbons (Fsp3) is 0.909. The lowest BCUT2D eigenvalue weighted by atomic mass is 9.74. The Labute approximate surface area is 83.4 Å². The van der Waals surface area contributed by atoms with Crippen LogP contribution < -0.4 is 0 Å². The van der Waals surface area contributed by atoms with Gasteiger partial charge in [-0.15, -0.1) is 0 Å². The van der Waals surface area contributed by atoms with Crippen LogP contribution in [0.4, 0.5) is 0 Å². The van der Waals surface area contributed by atoms with Gasteiger partial charge in [0.1, 0.15) is 0 Å². The number of hydrogen-bond donors (Lipinski definition) is 1. The zero-order chi connectivity index (χ0) is 9.92. The summed E-state index contributed by atoms with van der Waals surface area (Å²) in [5, 5.41) is 9.00. The lowest BCUT2D eigenvalue weighted by Gasteiger charge is -2.28. The van der Waals surface area contributed by atoms with Gasteiger partial charge in [-0.1, -0.05) is 0 Å². The average Bonchev–Trinajstić information content (AvgIpc) is 2.70. The highest BCUT2D eigenvalue weighted by molar-refractivity contribution is 5.70. The Hall–Kier alpha value is -0.570. The number of carbonyl (C=O) groups is 1. The van der Waals surface area contributed by atoms with Gasteiger partial charge in [0, 0.05) is 0 Å². The van der Waals surface area contributed by atoms with E-state index in [9.17, 15) is 4.79 Å². The number of aliphatic carboxylic acids is 1. The minimum absolute atomic E-state index is 0.0134. The summed E-state index contributed by atoms with van der Waals surface area (Å²) in [5.41, 5.74) is 0.0134. The number of hydrogen-bond acceptors (Lipinski definition) is 2. The highest BCUT2D eigenvalue weighted by atomic mass is 16.5. The molecule has 1 N–H and O–H groups in total. The van der Waals surface area contributed by atoms with Crippen molar-refractivity contribution in [2.45, 2.75) is 44.3 Å². The molecule has 3 nitrogen and oxygen atoms in total. The number of ether oxygens (including phenoxy) is 1. The second-order valence-corrected chi connectivity index (χ2v) is 5.28. The van der Waals surface area contributed by atoms with Crippen molar-refractivity contribution in [3.63, 3.8) is 0 Å². The van der Waals surface area contributed by atoms with Gasteiger partial charge in [0.05, 0.1) is 17.6 Å². The van der Waals surface area contributed by atoms with E-state index < -0.39 is 5.97 Å². The van der Waals surface area contributed by atoms with Gasteiger partial charge in [-0.05, 0) is 44.4 Å². The third kappa shape index (κ3) is 0.937. The van der Waals surface area contributed by atoms with Crippen LogP contribution in [-0.2, 0) is 9.53 Å². The Morgan fingerprint density at radius 3 is 2.93 bits per heavy atom. The highest BCUT2D eigenvalue weighted by Crippen LogP contribution is 2.58. The first-order valence-corrected chi connectivity index (χ1v) is 5.51. The van der Waals surface area contributed by atoms with Crippen molar-refractivity contribution in [1.29, 1.82) is 0 Å². The van der Waals surface area contributed by atoms with Crippen molar-refractivity contribution in [3.8, 4) is 0 Å². The predicted molar refractivity (Wildman–Crippen MR) is 49.9 cm³/mol. The van der Waals surface area contributed by atoms with Gasteiger partial charge in [-0.25, -0.2) is 0 Å². The van der Waals surface area contributed by atoms with E-state index in [-0.39, 0.29) is 11.5 Å². The molecule has 2 saturated heterocycles. The van der Waals surface area contributed by atoms with Gasteiger partial charge >= 0.3 is 5.97 Å². The molecule has 3 rings (SSSR count). The summed E-state index contributed by atoms with van der Waals surface area (Å²) in [6.45, 7) is 2.17. The largest absolute Gasteiger partial charge is 0.481 e. The predicted octanol–water partition coefficient (Wildman–Crippen LogP) is 1.66. The molecule has 2 aliphatic heterocycles. The van der Waals surface area contributed by atoms with E-state index in [0.29, 0.717) is 17.9 Å². The zero-order valence-electron chi connectivity index (χ0n) is 8.40. The molecule has 5 atom stereocenters. The second kappa shape index (κ2) is 2.51. The molecule has 1 saturated carbocycles. The van der Waals surface area contributed by atoms with Crippen molar-refractivity contribution in [2.24, 2.45) is 17.8 Å². The summed E-state index contributed by atoms with van der Waals surface area (Å²) in [5.74, 6) is 0.341. The van der Waals surface area contributed by atoms with Crippen molar-refractivity contribution in [3.05, 3.63) is 0 Å². The van der Waals surface area contributed by atoms with Gasteiger partial charge in [-0.2, -0.15) is 0 Å². The minimum atomic E-state index is -0.609. The van der Waals surface area contributed by atoms with Crippen LogP contribution in [0.1, 0.15) is 32.6 Å². The standard InChI is InChI=1S/C11H16O3/c1-11-3-2-9(14-11)7-4-6(10(12)13)5-8(7)11/h6-9H,2-5H2,1H3,(H,12,13). The molecule has 2 heterocycles. The SMILES string of the molecule is CC12CCC(O1)C1CC(C(=O)O)CC12. The molecule has 0 aromatic heterocycles. The number of rotatable bonds is 1. The highest BCUT2D eigenvalue weighted by Gasteiger charge is 2.60. The molecule has 3 aliphatic rings. The molecule has 3 fully saturated rings. The van der Waals surface area contributed by atoms with E-state index >= 15 is 0 Å². The van der Waals surface area contributed by atoms with Gasteiger partial charge in [0.25, 0.3) is 0 Å². The van der Waals surface area contributed by atoms with Crippen LogP contribution in [0.15, 0.2) is 0 Å². The van der Waals surface area contributed by atoms with Crippen LogP contribution >= 0.6 is 0 Å². The maximum atomic E-state index is 10.9.